The van der Waals surface area contributed by atoms with E-state index in [2.05, 4.69) is 6.58 Å². The number of hydrogen-bond donors (Lipinski definition) is 1. The minimum absolute atomic E-state index is 0.440. The van der Waals surface area contributed by atoms with Crippen LogP contribution in [0, 0.1) is 11.8 Å². The van der Waals surface area contributed by atoms with Crippen molar-refractivity contribution in [2.75, 3.05) is 6.54 Å². The van der Waals surface area contributed by atoms with Crippen molar-refractivity contribution in [1.82, 2.24) is 0 Å². The molecule has 0 aromatic carbocycles. The van der Waals surface area contributed by atoms with Gasteiger partial charge in [-0.05, 0) is 31.1 Å². The zero-order valence-corrected chi connectivity index (χ0v) is 6.75. The summed E-state index contributed by atoms with van der Waals surface area (Å²) in [6.45, 7) is 4.19. The Hall–Kier alpha value is -0.500. The van der Waals surface area contributed by atoms with Crippen LogP contribution >= 0.6 is 0 Å². The molecule has 0 amide bonds. The number of rotatable bonds is 3. The maximum atomic E-state index is 5.54. The summed E-state index contributed by atoms with van der Waals surface area (Å²) in [5, 5.41) is 0. The number of ether oxygens (including phenoxy) is 1. The zero-order valence-electron chi connectivity index (χ0n) is 6.75. The van der Waals surface area contributed by atoms with Crippen LogP contribution < -0.4 is 5.73 Å². The topological polar surface area (TPSA) is 35.2 Å². The Bertz CT molecular complexity index is 168. The molecule has 2 N–H and O–H groups in total. The van der Waals surface area contributed by atoms with Crippen LogP contribution in [0.15, 0.2) is 12.3 Å². The third kappa shape index (κ3) is 1.41. The molecule has 0 heterocycles. The fourth-order valence-electron chi connectivity index (χ4n) is 2.04. The summed E-state index contributed by atoms with van der Waals surface area (Å²) < 4.78 is 5.54. The van der Waals surface area contributed by atoms with E-state index in [0.717, 1.165) is 17.6 Å². The van der Waals surface area contributed by atoms with Gasteiger partial charge in [-0.2, -0.15) is 0 Å². The van der Waals surface area contributed by atoms with Gasteiger partial charge in [0.2, 0.25) is 0 Å². The second-order valence-electron chi connectivity index (χ2n) is 3.71. The Morgan fingerprint density at radius 1 is 1.36 bits per heavy atom. The summed E-state index contributed by atoms with van der Waals surface area (Å²) in [6, 6.07) is 0. The molecular weight excluding hydrogens is 138 g/mol. The Balaban J connectivity index is 1.75. The summed E-state index contributed by atoms with van der Waals surface area (Å²) in [5.74, 6) is 2.70. The van der Waals surface area contributed by atoms with Gasteiger partial charge in [0.1, 0.15) is 5.76 Å². The predicted octanol–water partition coefficient (Wildman–Crippen LogP) is 1.27. The van der Waals surface area contributed by atoms with Crippen molar-refractivity contribution in [2.45, 2.75) is 25.4 Å². The molecule has 11 heavy (non-hydrogen) atoms. The van der Waals surface area contributed by atoms with Gasteiger partial charge in [-0.3, -0.25) is 0 Å². The first-order valence-electron chi connectivity index (χ1n) is 4.34. The van der Waals surface area contributed by atoms with Crippen molar-refractivity contribution < 1.29 is 4.74 Å². The lowest BCUT2D eigenvalue weighted by atomic mass is 10.2. The van der Waals surface area contributed by atoms with Gasteiger partial charge in [-0.25, -0.2) is 0 Å². The largest absolute Gasteiger partial charge is 0.494 e. The Labute approximate surface area is 67.4 Å². The van der Waals surface area contributed by atoms with Crippen molar-refractivity contribution in [3.63, 3.8) is 0 Å². The molecule has 2 nitrogen and oxygen atoms in total. The summed E-state index contributed by atoms with van der Waals surface area (Å²) in [7, 11) is 0. The van der Waals surface area contributed by atoms with Crippen molar-refractivity contribution >= 4 is 0 Å². The number of fused-ring (bicyclic) bond motifs is 1. The smallest absolute Gasteiger partial charge is 0.103 e. The molecular formula is C9H15NO. The van der Waals surface area contributed by atoms with E-state index < -0.39 is 0 Å². The quantitative estimate of drug-likeness (QED) is 0.620. The van der Waals surface area contributed by atoms with Gasteiger partial charge in [0, 0.05) is 0 Å². The van der Waals surface area contributed by atoms with Crippen LogP contribution in [-0.4, -0.2) is 12.6 Å². The highest BCUT2D eigenvalue weighted by Crippen LogP contribution is 2.52. The average Bonchev–Trinajstić information content (AvgIpc) is 2.60. The molecule has 2 fully saturated rings. The Morgan fingerprint density at radius 3 is 2.55 bits per heavy atom. The van der Waals surface area contributed by atoms with Crippen molar-refractivity contribution in [3.8, 4) is 0 Å². The second-order valence-corrected chi connectivity index (χ2v) is 3.71. The molecule has 3 atom stereocenters. The lowest BCUT2D eigenvalue weighted by Crippen LogP contribution is -2.14. The second kappa shape index (κ2) is 2.52. The van der Waals surface area contributed by atoms with Gasteiger partial charge in [0.15, 0.2) is 0 Å². The highest BCUT2D eigenvalue weighted by atomic mass is 16.5. The summed E-state index contributed by atoms with van der Waals surface area (Å²) >= 11 is 0. The van der Waals surface area contributed by atoms with Gasteiger partial charge in [-0.15, -0.1) is 0 Å². The monoisotopic (exact) mass is 153 g/mol. The molecule has 0 aromatic heterocycles. The minimum atomic E-state index is 0.440. The van der Waals surface area contributed by atoms with Gasteiger partial charge in [0.25, 0.3) is 0 Å². The first kappa shape index (κ1) is 7.17. The van der Waals surface area contributed by atoms with E-state index in [-0.39, 0.29) is 0 Å². The first-order chi connectivity index (χ1) is 5.29. The molecule has 0 radical (unpaired) electrons. The molecule has 2 saturated carbocycles. The molecule has 0 spiro atoms. The van der Waals surface area contributed by atoms with E-state index in [0.29, 0.717) is 12.6 Å². The molecule has 2 heteroatoms. The molecule has 0 bridgehead atoms. The van der Waals surface area contributed by atoms with Crippen molar-refractivity contribution in [2.24, 2.45) is 17.6 Å². The van der Waals surface area contributed by atoms with E-state index in [1.807, 2.05) is 0 Å². The number of nitrogens with two attached hydrogens (primary N) is 1. The molecule has 0 aromatic rings. The highest BCUT2D eigenvalue weighted by molar-refractivity contribution is 4.98. The first-order valence-corrected chi connectivity index (χ1v) is 4.34. The molecule has 0 aliphatic heterocycles. The van der Waals surface area contributed by atoms with Crippen molar-refractivity contribution in [3.05, 3.63) is 12.3 Å². The lowest BCUT2D eigenvalue weighted by molar-refractivity contribution is 0.110. The van der Waals surface area contributed by atoms with Crippen LogP contribution in [0.2, 0.25) is 0 Å². The SMILES string of the molecule is C=C(CN)OC1C[C@@H]2C[C@@H]2C1. The van der Waals surface area contributed by atoms with E-state index in [4.69, 9.17) is 10.5 Å². The van der Waals surface area contributed by atoms with Crippen LogP contribution in [-0.2, 0) is 4.74 Å². The van der Waals surface area contributed by atoms with Gasteiger partial charge >= 0.3 is 0 Å². The highest BCUT2D eigenvalue weighted by Gasteiger charge is 2.46. The van der Waals surface area contributed by atoms with Gasteiger partial charge in [0.05, 0.1) is 12.6 Å². The minimum Gasteiger partial charge on any atom is -0.494 e. The van der Waals surface area contributed by atoms with Crippen LogP contribution in [0.5, 0.6) is 0 Å². The van der Waals surface area contributed by atoms with E-state index in [9.17, 15) is 0 Å². The Morgan fingerprint density at radius 2 is 2.00 bits per heavy atom. The predicted molar refractivity (Wildman–Crippen MR) is 43.9 cm³/mol. The van der Waals surface area contributed by atoms with E-state index >= 15 is 0 Å². The molecule has 2 aliphatic rings. The summed E-state index contributed by atoms with van der Waals surface area (Å²) in [6.07, 6.45) is 4.36. The maximum absolute atomic E-state index is 5.54. The third-order valence-corrected chi connectivity index (χ3v) is 2.76. The molecule has 2 rings (SSSR count). The molecule has 62 valence electrons. The van der Waals surface area contributed by atoms with Crippen LogP contribution in [0.25, 0.3) is 0 Å². The summed E-state index contributed by atoms with van der Waals surface area (Å²) in [5.41, 5.74) is 5.37. The fraction of sp³-hybridized carbons (Fsp3) is 0.778. The third-order valence-electron chi connectivity index (χ3n) is 2.76. The van der Waals surface area contributed by atoms with Crippen molar-refractivity contribution in [1.29, 1.82) is 0 Å². The zero-order chi connectivity index (χ0) is 7.84. The molecule has 1 unspecified atom stereocenters. The van der Waals surface area contributed by atoms with Crippen LogP contribution in [0.3, 0.4) is 0 Å². The Kier molecular flexibility index (Phi) is 1.64. The van der Waals surface area contributed by atoms with E-state index in [1.165, 1.54) is 19.3 Å². The van der Waals surface area contributed by atoms with Gasteiger partial charge in [-0.1, -0.05) is 6.58 Å². The standard InChI is InChI=1S/C9H15NO/c1-6(5-10)11-9-3-7-2-8(7)4-9/h7-9H,1-5,10H2/t7-,8+,9?. The normalized spacial score (nSPS) is 39.9. The van der Waals surface area contributed by atoms with Crippen LogP contribution in [0.1, 0.15) is 19.3 Å². The number of hydrogen-bond acceptors (Lipinski definition) is 2. The maximum Gasteiger partial charge on any atom is 0.103 e. The summed E-state index contributed by atoms with van der Waals surface area (Å²) in [4.78, 5) is 0. The lowest BCUT2D eigenvalue weighted by Gasteiger charge is -2.15. The van der Waals surface area contributed by atoms with Gasteiger partial charge < -0.3 is 10.5 Å². The van der Waals surface area contributed by atoms with E-state index in [1.54, 1.807) is 0 Å². The molecule has 2 aliphatic carbocycles. The average molecular weight is 153 g/mol. The fourth-order valence-corrected chi connectivity index (χ4v) is 2.04. The van der Waals surface area contributed by atoms with Crippen LogP contribution in [0.4, 0.5) is 0 Å². The molecule has 0 saturated heterocycles.